The molecule has 2 unspecified atom stereocenters. The average molecular weight is 329 g/mol. The fourth-order valence-electron chi connectivity index (χ4n) is 2.34. The van der Waals surface area contributed by atoms with E-state index in [2.05, 4.69) is 5.32 Å². The third-order valence-corrected chi connectivity index (χ3v) is 3.53. The van der Waals surface area contributed by atoms with Crippen LogP contribution >= 0.6 is 12.4 Å². The maximum atomic E-state index is 11.8. The SMILES string of the molecule is CC(CC(O)c1ccccc1)NC(=O)CCCCCCN.Cl. The van der Waals surface area contributed by atoms with Crippen LogP contribution in [0.4, 0.5) is 0 Å². The lowest BCUT2D eigenvalue weighted by Crippen LogP contribution is -2.33. The van der Waals surface area contributed by atoms with Crippen LogP contribution in [0.2, 0.25) is 0 Å². The van der Waals surface area contributed by atoms with Crippen LogP contribution in [0.1, 0.15) is 57.1 Å². The van der Waals surface area contributed by atoms with E-state index in [0.717, 1.165) is 37.8 Å². The number of amides is 1. The van der Waals surface area contributed by atoms with Crippen LogP contribution in [0, 0.1) is 0 Å². The molecule has 0 heterocycles. The zero-order valence-corrected chi connectivity index (χ0v) is 14.1. The maximum absolute atomic E-state index is 11.8. The van der Waals surface area contributed by atoms with E-state index in [-0.39, 0.29) is 24.4 Å². The molecule has 0 radical (unpaired) electrons. The van der Waals surface area contributed by atoms with Gasteiger partial charge in [-0.25, -0.2) is 0 Å². The highest BCUT2D eigenvalue weighted by Crippen LogP contribution is 2.17. The molecule has 5 heteroatoms. The summed E-state index contributed by atoms with van der Waals surface area (Å²) in [5.74, 6) is 0.0653. The molecule has 0 aliphatic rings. The minimum atomic E-state index is -0.536. The van der Waals surface area contributed by atoms with Crippen molar-refractivity contribution in [2.24, 2.45) is 5.73 Å². The van der Waals surface area contributed by atoms with Gasteiger partial charge in [-0.1, -0.05) is 43.2 Å². The van der Waals surface area contributed by atoms with Gasteiger partial charge in [-0.2, -0.15) is 0 Å². The van der Waals surface area contributed by atoms with E-state index < -0.39 is 6.10 Å². The molecule has 1 rings (SSSR count). The van der Waals surface area contributed by atoms with Gasteiger partial charge in [0.25, 0.3) is 0 Å². The first kappa shape index (κ1) is 20.9. The molecule has 1 aromatic rings. The van der Waals surface area contributed by atoms with Gasteiger partial charge >= 0.3 is 0 Å². The number of carbonyl (C=O) groups excluding carboxylic acids is 1. The molecule has 0 bridgehead atoms. The largest absolute Gasteiger partial charge is 0.388 e. The summed E-state index contributed by atoms with van der Waals surface area (Å²) in [5, 5.41) is 13.1. The van der Waals surface area contributed by atoms with Crippen molar-refractivity contribution in [2.75, 3.05) is 6.54 Å². The number of unbranched alkanes of at least 4 members (excludes halogenated alkanes) is 3. The van der Waals surface area contributed by atoms with Crippen molar-refractivity contribution in [3.8, 4) is 0 Å². The second kappa shape index (κ2) is 12.4. The highest BCUT2D eigenvalue weighted by Gasteiger charge is 2.13. The van der Waals surface area contributed by atoms with E-state index in [0.29, 0.717) is 12.8 Å². The minimum absolute atomic E-state index is 0. The van der Waals surface area contributed by atoms with Crippen molar-refractivity contribution in [1.29, 1.82) is 0 Å². The summed E-state index contributed by atoms with van der Waals surface area (Å²) in [5.41, 5.74) is 6.32. The van der Waals surface area contributed by atoms with E-state index in [4.69, 9.17) is 5.73 Å². The Bertz CT molecular complexity index is 401. The van der Waals surface area contributed by atoms with Crippen molar-refractivity contribution in [2.45, 2.75) is 57.6 Å². The van der Waals surface area contributed by atoms with Crippen LogP contribution in [0.15, 0.2) is 30.3 Å². The first-order chi connectivity index (χ1) is 10.1. The summed E-state index contributed by atoms with van der Waals surface area (Å²) in [6.07, 6.45) is 4.61. The van der Waals surface area contributed by atoms with Gasteiger partial charge in [0.05, 0.1) is 6.10 Å². The molecule has 4 nitrogen and oxygen atoms in total. The molecular formula is C17H29ClN2O2. The minimum Gasteiger partial charge on any atom is -0.388 e. The van der Waals surface area contributed by atoms with E-state index >= 15 is 0 Å². The third-order valence-electron chi connectivity index (χ3n) is 3.53. The Kier molecular flexibility index (Phi) is 11.8. The highest BCUT2D eigenvalue weighted by molar-refractivity contribution is 5.85. The molecule has 0 saturated carbocycles. The van der Waals surface area contributed by atoms with Gasteiger partial charge in [-0.05, 0) is 38.3 Å². The van der Waals surface area contributed by atoms with Gasteiger partial charge < -0.3 is 16.2 Å². The monoisotopic (exact) mass is 328 g/mol. The number of aliphatic hydroxyl groups is 1. The van der Waals surface area contributed by atoms with Crippen molar-refractivity contribution in [1.82, 2.24) is 5.32 Å². The fourth-order valence-corrected chi connectivity index (χ4v) is 2.34. The lowest BCUT2D eigenvalue weighted by atomic mass is 10.0. The van der Waals surface area contributed by atoms with Gasteiger partial charge in [-0.15, -0.1) is 12.4 Å². The van der Waals surface area contributed by atoms with Crippen LogP contribution < -0.4 is 11.1 Å². The first-order valence-corrected chi connectivity index (χ1v) is 7.86. The molecule has 22 heavy (non-hydrogen) atoms. The highest BCUT2D eigenvalue weighted by atomic mass is 35.5. The van der Waals surface area contributed by atoms with Crippen LogP contribution in [0.5, 0.6) is 0 Å². The van der Waals surface area contributed by atoms with Crippen molar-refractivity contribution in [3.05, 3.63) is 35.9 Å². The zero-order chi connectivity index (χ0) is 15.5. The van der Waals surface area contributed by atoms with Crippen LogP contribution in [0.3, 0.4) is 0 Å². The first-order valence-electron chi connectivity index (χ1n) is 7.86. The molecule has 0 aliphatic heterocycles. The van der Waals surface area contributed by atoms with Gasteiger partial charge in [0.2, 0.25) is 5.91 Å². The Balaban J connectivity index is 0.00000441. The normalized spacial score (nSPS) is 13.0. The Morgan fingerprint density at radius 3 is 2.45 bits per heavy atom. The van der Waals surface area contributed by atoms with Crippen molar-refractivity contribution in [3.63, 3.8) is 0 Å². The molecule has 1 aromatic carbocycles. The van der Waals surface area contributed by atoms with Crippen molar-refractivity contribution < 1.29 is 9.90 Å². The molecule has 126 valence electrons. The number of benzene rings is 1. The summed E-state index contributed by atoms with van der Waals surface area (Å²) in [4.78, 5) is 11.8. The van der Waals surface area contributed by atoms with E-state index in [9.17, 15) is 9.90 Å². The Morgan fingerprint density at radius 1 is 1.18 bits per heavy atom. The molecule has 0 saturated heterocycles. The lowest BCUT2D eigenvalue weighted by molar-refractivity contribution is -0.122. The van der Waals surface area contributed by atoms with E-state index in [1.807, 2.05) is 37.3 Å². The predicted octanol–water partition coefficient (Wildman–Crippen LogP) is 2.95. The number of hydrogen-bond donors (Lipinski definition) is 3. The molecule has 0 fully saturated rings. The standard InChI is InChI=1S/C17H28N2O2.ClH/c1-14(13-16(20)15-9-5-4-6-10-15)19-17(21)11-7-2-3-8-12-18;/h4-6,9-10,14,16,20H,2-3,7-8,11-13,18H2,1H3,(H,19,21);1H. The molecular weight excluding hydrogens is 300 g/mol. The number of aliphatic hydroxyl groups excluding tert-OH is 1. The van der Waals surface area contributed by atoms with Crippen LogP contribution in [-0.4, -0.2) is 23.6 Å². The number of halogens is 1. The number of hydrogen-bond acceptors (Lipinski definition) is 3. The number of carbonyl (C=O) groups is 1. The second-order valence-electron chi connectivity index (χ2n) is 5.58. The topological polar surface area (TPSA) is 75.3 Å². The Hall–Kier alpha value is -1.10. The quantitative estimate of drug-likeness (QED) is 0.578. The van der Waals surface area contributed by atoms with Gasteiger partial charge in [0.15, 0.2) is 0 Å². The van der Waals surface area contributed by atoms with Gasteiger partial charge in [0, 0.05) is 12.5 Å². The van der Waals surface area contributed by atoms with Gasteiger partial charge in [0.1, 0.15) is 0 Å². The molecule has 4 N–H and O–H groups in total. The molecule has 2 atom stereocenters. The third kappa shape index (κ3) is 9.03. The average Bonchev–Trinajstić information content (AvgIpc) is 2.47. The summed E-state index contributed by atoms with van der Waals surface area (Å²) >= 11 is 0. The predicted molar refractivity (Wildman–Crippen MR) is 93.0 cm³/mol. The molecule has 0 aromatic heterocycles. The van der Waals surface area contributed by atoms with E-state index in [1.54, 1.807) is 0 Å². The fraction of sp³-hybridized carbons (Fsp3) is 0.588. The summed E-state index contributed by atoms with van der Waals surface area (Å²) < 4.78 is 0. The lowest BCUT2D eigenvalue weighted by Gasteiger charge is -2.18. The summed E-state index contributed by atoms with van der Waals surface area (Å²) in [6.45, 7) is 2.65. The maximum Gasteiger partial charge on any atom is 0.220 e. The van der Waals surface area contributed by atoms with Crippen molar-refractivity contribution >= 4 is 18.3 Å². The number of nitrogens with two attached hydrogens (primary N) is 1. The molecule has 0 spiro atoms. The smallest absolute Gasteiger partial charge is 0.220 e. The second-order valence-corrected chi connectivity index (χ2v) is 5.58. The molecule has 1 amide bonds. The summed E-state index contributed by atoms with van der Waals surface area (Å²) in [6, 6.07) is 9.50. The van der Waals surface area contributed by atoms with E-state index in [1.165, 1.54) is 0 Å². The van der Waals surface area contributed by atoms with Crippen LogP contribution in [0.25, 0.3) is 0 Å². The van der Waals surface area contributed by atoms with Crippen LogP contribution in [-0.2, 0) is 4.79 Å². The van der Waals surface area contributed by atoms with Gasteiger partial charge in [-0.3, -0.25) is 4.79 Å². The Morgan fingerprint density at radius 2 is 1.82 bits per heavy atom. The number of nitrogens with one attached hydrogen (secondary N) is 1. The number of rotatable bonds is 10. The summed E-state index contributed by atoms with van der Waals surface area (Å²) in [7, 11) is 0. The zero-order valence-electron chi connectivity index (χ0n) is 13.3. The molecule has 0 aliphatic carbocycles. The Labute approximate surface area is 139 Å².